The van der Waals surface area contributed by atoms with Gasteiger partial charge in [0.1, 0.15) is 6.29 Å². The number of alkyl halides is 1. The number of carbonyl (C=O) groups is 2. The van der Waals surface area contributed by atoms with Crippen molar-refractivity contribution in [2.24, 2.45) is 11.8 Å². The first-order chi connectivity index (χ1) is 13.1. The molecule has 0 N–H and O–H groups in total. The summed E-state index contributed by atoms with van der Waals surface area (Å²) in [6.07, 6.45) is 10.3. The number of allylic oxidation sites excluding steroid dienone is 1. The molecule has 2 aliphatic heterocycles. The minimum atomic E-state index is -0.245. The molecule has 0 aromatic heterocycles. The Morgan fingerprint density at radius 1 is 1.41 bits per heavy atom. The number of hydrogen-bond acceptors (Lipinski definition) is 6. The van der Waals surface area contributed by atoms with Gasteiger partial charge in [0.2, 0.25) is 0 Å². The predicted octanol–water partition coefficient (Wildman–Crippen LogP) is 4.07. The van der Waals surface area contributed by atoms with E-state index in [1.54, 1.807) is 11.8 Å². The molecule has 0 spiro atoms. The fraction of sp³-hybridized carbons (Fsp3) is 0.800. The second kappa shape index (κ2) is 10.3. The highest BCUT2D eigenvalue weighted by molar-refractivity contribution is 8.04. The first-order valence-corrected chi connectivity index (χ1v) is 11.3. The van der Waals surface area contributed by atoms with Crippen molar-refractivity contribution < 1.29 is 23.8 Å². The molecule has 0 aromatic carbocycles. The maximum Gasteiger partial charge on any atom is 0.344 e. The lowest BCUT2D eigenvalue weighted by atomic mass is 9.90. The maximum absolute atomic E-state index is 11.7. The van der Waals surface area contributed by atoms with E-state index in [0.29, 0.717) is 16.6 Å². The van der Waals surface area contributed by atoms with Crippen LogP contribution < -0.4 is 0 Å². The Bertz CT molecular complexity index is 548. The molecule has 1 saturated heterocycles. The third kappa shape index (κ3) is 5.49. The molecule has 1 saturated carbocycles. The molecular weight excluding hydrogens is 388 g/mol. The largest absolute Gasteiger partial charge is 0.465 e. The quantitative estimate of drug-likeness (QED) is 0.337. The van der Waals surface area contributed by atoms with Crippen LogP contribution in [0.2, 0.25) is 0 Å². The van der Waals surface area contributed by atoms with Gasteiger partial charge in [-0.3, -0.25) is 0 Å². The molecule has 5 nitrogen and oxygen atoms in total. The van der Waals surface area contributed by atoms with E-state index in [1.807, 2.05) is 6.08 Å². The smallest absolute Gasteiger partial charge is 0.344 e. The standard InChI is InChI=1S/C20H29ClO5S/c1-24-20(23)18-9-8-13(27-18)5-4-6-14-15(12-22)17(11-16(14)21)26-19-7-2-3-10-25-19/h9,12-17,19H,2-8,10-11H2,1H3/t13?,14-,15?,16?,17-,19?/m1/s1. The summed E-state index contributed by atoms with van der Waals surface area (Å²) in [6, 6.07) is 0. The van der Waals surface area contributed by atoms with Gasteiger partial charge in [-0.2, -0.15) is 0 Å². The molecule has 2 fully saturated rings. The van der Waals surface area contributed by atoms with Crippen molar-refractivity contribution in [1.82, 2.24) is 0 Å². The molecule has 0 amide bonds. The summed E-state index contributed by atoms with van der Waals surface area (Å²) in [5.74, 6) is -0.250. The lowest BCUT2D eigenvalue weighted by Gasteiger charge is -2.28. The molecule has 3 rings (SSSR count). The summed E-state index contributed by atoms with van der Waals surface area (Å²) in [5, 5.41) is 0.375. The van der Waals surface area contributed by atoms with E-state index in [1.165, 1.54) is 7.11 Å². The molecule has 4 unspecified atom stereocenters. The molecule has 0 aromatic rings. The molecule has 6 atom stereocenters. The monoisotopic (exact) mass is 416 g/mol. The predicted molar refractivity (Wildman–Crippen MR) is 106 cm³/mol. The molecular formula is C20H29ClO5S. The number of aldehydes is 1. The minimum Gasteiger partial charge on any atom is -0.465 e. The summed E-state index contributed by atoms with van der Waals surface area (Å²) in [5.41, 5.74) is 0. The second-order valence-electron chi connectivity index (χ2n) is 7.57. The number of methoxy groups -OCH3 is 1. The number of rotatable bonds is 8. The molecule has 3 aliphatic rings. The highest BCUT2D eigenvalue weighted by Crippen LogP contribution is 2.42. The van der Waals surface area contributed by atoms with Crippen molar-refractivity contribution in [3.8, 4) is 0 Å². The molecule has 2 heterocycles. The van der Waals surface area contributed by atoms with Crippen LogP contribution in [-0.2, 0) is 23.8 Å². The van der Waals surface area contributed by atoms with E-state index < -0.39 is 0 Å². The van der Waals surface area contributed by atoms with Crippen LogP contribution in [0.3, 0.4) is 0 Å². The summed E-state index contributed by atoms with van der Waals surface area (Å²) in [7, 11) is 1.41. The van der Waals surface area contributed by atoms with Gasteiger partial charge in [0, 0.05) is 23.2 Å². The van der Waals surface area contributed by atoms with Gasteiger partial charge in [-0.15, -0.1) is 23.4 Å². The average Bonchev–Trinajstić information content (AvgIpc) is 3.27. The van der Waals surface area contributed by atoms with E-state index in [0.717, 1.165) is 57.8 Å². The van der Waals surface area contributed by atoms with Gasteiger partial charge in [0.05, 0.1) is 18.1 Å². The highest BCUT2D eigenvalue weighted by Gasteiger charge is 2.44. The molecule has 27 heavy (non-hydrogen) atoms. The Morgan fingerprint density at radius 3 is 2.96 bits per heavy atom. The third-order valence-electron chi connectivity index (χ3n) is 5.78. The number of thioether (sulfide) groups is 1. The number of hydrogen-bond donors (Lipinski definition) is 0. The summed E-state index contributed by atoms with van der Waals surface area (Å²) in [4.78, 5) is 24.0. The van der Waals surface area contributed by atoms with Crippen LogP contribution in [-0.4, -0.2) is 49.0 Å². The maximum atomic E-state index is 11.7. The van der Waals surface area contributed by atoms with Gasteiger partial charge < -0.3 is 19.0 Å². The Morgan fingerprint density at radius 2 is 2.26 bits per heavy atom. The van der Waals surface area contributed by atoms with Crippen LogP contribution in [0.1, 0.15) is 51.4 Å². The minimum absolute atomic E-state index is 0.0335. The van der Waals surface area contributed by atoms with Crippen molar-refractivity contribution in [3.63, 3.8) is 0 Å². The zero-order valence-electron chi connectivity index (χ0n) is 15.8. The fourth-order valence-corrected chi connectivity index (χ4v) is 5.97. The number of halogens is 1. The van der Waals surface area contributed by atoms with Gasteiger partial charge in [-0.1, -0.05) is 12.5 Å². The van der Waals surface area contributed by atoms with Crippen LogP contribution in [0, 0.1) is 11.8 Å². The van der Waals surface area contributed by atoms with Crippen LogP contribution >= 0.6 is 23.4 Å². The van der Waals surface area contributed by atoms with Gasteiger partial charge in [-0.25, -0.2) is 4.79 Å². The number of ether oxygens (including phenoxy) is 3. The van der Waals surface area contributed by atoms with Crippen LogP contribution in [0.15, 0.2) is 11.0 Å². The fourth-order valence-electron chi connectivity index (χ4n) is 4.30. The van der Waals surface area contributed by atoms with Crippen molar-refractivity contribution in [2.75, 3.05) is 13.7 Å². The molecule has 152 valence electrons. The first kappa shape index (κ1) is 21.2. The van der Waals surface area contributed by atoms with Gasteiger partial charge in [-0.05, 0) is 50.9 Å². The van der Waals surface area contributed by atoms with Gasteiger partial charge in [0.25, 0.3) is 0 Å². The van der Waals surface area contributed by atoms with Crippen molar-refractivity contribution in [1.29, 1.82) is 0 Å². The van der Waals surface area contributed by atoms with Gasteiger partial charge in [0.15, 0.2) is 6.29 Å². The third-order valence-corrected chi connectivity index (χ3v) is 7.63. The number of esters is 1. The van der Waals surface area contributed by atoms with Crippen molar-refractivity contribution in [2.45, 2.75) is 74.4 Å². The van der Waals surface area contributed by atoms with Crippen molar-refractivity contribution >= 4 is 35.6 Å². The Hall–Kier alpha value is -0.560. The zero-order valence-corrected chi connectivity index (χ0v) is 17.4. The molecule has 0 radical (unpaired) electrons. The van der Waals surface area contributed by atoms with Crippen molar-refractivity contribution in [3.05, 3.63) is 11.0 Å². The lowest BCUT2D eigenvalue weighted by molar-refractivity contribution is -0.194. The molecule has 7 heteroatoms. The Balaban J connectivity index is 1.44. The van der Waals surface area contributed by atoms with E-state index >= 15 is 0 Å². The molecule has 0 bridgehead atoms. The topological polar surface area (TPSA) is 61.8 Å². The lowest BCUT2D eigenvalue weighted by Crippen LogP contribution is -2.32. The van der Waals surface area contributed by atoms with E-state index in [9.17, 15) is 9.59 Å². The second-order valence-corrected chi connectivity index (χ2v) is 9.47. The Labute approximate surface area is 170 Å². The van der Waals surface area contributed by atoms with Gasteiger partial charge >= 0.3 is 5.97 Å². The summed E-state index contributed by atoms with van der Waals surface area (Å²) < 4.78 is 16.5. The van der Waals surface area contributed by atoms with Crippen LogP contribution in [0.5, 0.6) is 0 Å². The van der Waals surface area contributed by atoms with Crippen LogP contribution in [0.4, 0.5) is 0 Å². The highest BCUT2D eigenvalue weighted by atomic mass is 35.5. The first-order valence-electron chi connectivity index (χ1n) is 9.94. The summed E-state index contributed by atoms with van der Waals surface area (Å²) >= 11 is 8.19. The number of carbonyl (C=O) groups excluding carboxylic acids is 2. The van der Waals surface area contributed by atoms with Crippen LogP contribution in [0.25, 0.3) is 0 Å². The van der Waals surface area contributed by atoms with E-state index in [-0.39, 0.29) is 35.6 Å². The van der Waals surface area contributed by atoms with E-state index in [2.05, 4.69) is 0 Å². The average molecular weight is 417 g/mol. The SMILES string of the molecule is COC(=O)C1=CCC(CCC[C@H]2C(Cl)C[C@@H](OC3CCCCO3)C2C=O)S1. The molecule has 1 aliphatic carbocycles. The normalized spacial score (nSPS) is 36.4. The van der Waals surface area contributed by atoms with E-state index in [4.69, 9.17) is 25.8 Å². The summed E-state index contributed by atoms with van der Waals surface area (Å²) in [6.45, 7) is 0.734. The Kier molecular flexibility index (Phi) is 8.06. The zero-order chi connectivity index (χ0) is 19.2.